The van der Waals surface area contributed by atoms with Crippen molar-refractivity contribution in [2.45, 2.75) is 6.42 Å². The molecule has 7 heteroatoms. The zero-order chi connectivity index (χ0) is 15.0. The fourth-order valence-electron chi connectivity index (χ4n) is 1.52. The van der Waals surface area contributed by atoms with Gasteiger partial charge in [0.25, 0.3) is 0 Å². The Kier molecular flexibility index (Phi) is 7.28. The monoisotopic (exact) mass is 315 g/mol. The summed E-state index contributed by atoms with van der Waals surface area (Å²) in [5, 5.41) is 3.25. The molecule has 0 aromatic heterocycles. The Morgan fingerprint density at radius 2 is 2.15 bits per heavy atom. The highest BCUT2D eigenvalue weighted by atomic mass is 35.5. The van der Waals surface area contributed by atoms with Gasteiger partial charge in [-0.15, -0.1) is 0 Å². The lowest BCUT2D eigenvalue weighted by Gasteiger charge is -2.22. The molecule has 2 amide bonds. The topological polar surface area (TPSA) is 67.6 Å². The molecule has 0 fully saturated rings. The van der Waals surface area contributed by atoms with Crippen molar-refractivity contribution >= 4 is 40.5 Å². The van der Waals surface area contributed by atoms with Crippen molar-refractivity contribution in [2.75, 3.05) is 32.1 Å². The molecule has 3 N–H and O–H groups in total. The molecule has 0 unspecified atom stereocenters. The Hall–Kier alpha value is -1.37. The lowest BCUT2D eigenvalue weighted by atomic mass is 10.3. The summed E-state index contributed by atoms with van der Waals surface area (Å²) in [6, 6.07) is 6.80. The number of para-hydroxylation sites is 1. The standard InChI is InChI=1S/C13H18ClN3O2S/c1-19-9-8-17(7-6-12(15)20)13(18)16-11-5-3-2-4-10(11)14/h2-5H,6-9H2,1H3,(H2,15,20)(H,16,18). The fourth-order valence-corrected chi connectivity index (χ4v) is 1.79. The Bertz CT molecular complexity index is 471. The van der Waals surface area contributed by atoms with Gasteiger partial charge in [-0.2, -0.15) is 0 Å². The van der Waals surface area contributed by atoms with Crippen molar-refractivity contribution in [3.05, 3.63) is 29.3 Å². The van der Waals surface area contributed by atoms with Gasteiger partial charge in [0.05, 0.1) is 22.3 Å². The highest BCUT2D eigenvalue weighted by Crippen LogP contribution is 2.20. The Labute approximate surface area is 129 Å². The number of nitrogens with zero attached hydrogens (tertiary/aromatic N) is 1. The Balaban J connectivity index is 2.66. The molecule has 1 aromatic rings. The van der Waals surface area contributed by atoms with Crippen molar-refractivity contribution in [1.29, 1.82) is 0 Å². The van der Waals surface area contributed by atoms with Crippen LogP contribution in [0.1, 0.15) is 6.42 Å². The van der Waals surface area contributed by atoms with Gasteiger partial charge < -0.3 is 20.7 Å². The largest absolute Gasteiger partial charge is 0.393 e. The fraction of sp³-hybridized carbons (Fsp3) is 0.385. The van der Waals surface area contributed by atoms with Crippen LogP contribution in [0.4, 0.5) is 10.5 Å². The van der Waals surface area contributed by atoms with Gasteiger partial charge in [0.1, 0.15) is 0 Å². The number of amides is 2. The molecule has 0 saturated heterocycles. The molecule has 20 heavy (non-hydrogen) atoms. The van der Waals surface area contributed by atoms with Crippen LogP contribution >= 0.6 is 23.8 Å². The van der Waals surface area contributed by atoms with Crippen molar-refractivity contribution in [3.63, 3.8) is 0 Å². The molecule has 0 atom stereocenters. The first-order valence-corrected chi connectivity index (χ1v) is 6.91. The Morgan fingerprint density at radius 3 is 2.75 bits per heavy atom. The maximum Gasteiger partial charge on any atom is 0.321 e. The van der Waals surface area contributed by atoms with Gasteiger partial charge in [0, 0.05) is 26.6 Å². The second kappa shape index (κ2) is 8.73. The summed E-state index contributed by atoms with van der Waals surface area (Å²) in [5.74, 6) is 0. The SMILES string of the molecule is COCCN(CCC(N)=S)C(=O)Nc1ccccc1Cl. The van der Waals surface area contributed by atoms with Crippen LogP contribution in [0.25, 0.3) is 0 Å². The predicted octanol–water partition coefficient (Wildman–Crippen LogP) is 2.50. The first-order chi connectivity index (χ1) is 9.54. The maximum atomic E-state index is 12.2. The summed E-state index contributed by atoms with van der Waals surface area (Å²) >= 11 is 10.8. The molecule has 0 aliphatic heterocycles. The molecule has 0 radical (unpaired) electrons. The first-order valence-electron chi connectivity index (χ1n) is 6.12. The predicted molar refractivity (Wildman–Crippen MR) is 85.3 cm³/mol. The van der Waals surface area contributed by atoms with E-state index in [4.69, 9.17) is 34.3 Å². The number of anilines is 1. The van der Waals surface area contributed by atoms with Crippen LogP contribution in [0.5, 0.6) is 0 Å². The van der Waals surface area contributed by atoms with E-state index < -0.39 is 0 Å². The third-order valence-corrected chi connectivity index (χ3v) is 3.13. The smallest absolute Gasteiger partial charge is 0.321 e. The third-order valence-electron chi connectivity index (χ3n) is 2.60. The molecule has 1 rings (SSSR count). The van der Waals surface area contributed by atoms with E-state index in [-0.39, 0.29) is 6.03 Å². The summed E-state index contributed by atoms with van der Waals surface area (Å²) < 4.78 is 4.99. The van der Waals surface area contributed by atoms with E-state index in [1.807, 2.05) is 0 Å². The highest BCUT2D eigenvalue weighted by Gasteiger charge is 2.14. The number of hydrogen-bond acceptors (Lipinski definition) is 3. The van der Waals surface area contributed by atoms with Crippen LogP contribution in [0.2, 0.25) is 5.02 Å². The first kappa shape index (κ1) is 16.7. The third kappa shape index (κ3) is 5.73. The minimum atomic E-state index is -0.258. The van der Waals surface area contributed by atoms with E-state index in [1.165, 1.54) is 0 Å². The average Bonchev–Trinajstić information content (AvgIpc) is 2.41. The van der Waals surface area contributed by atoms with Crippen LogP contribution in [0.15, 0.2) is 24.3 Å². The van der Waals surface area contributed by atoms with Crippen LogP contribution in [-0.4, -0.2) is 42.7 Å². The second-order valence-electron chi connectivity index (χ2n) is 4.11. The Morgan fingerprint density at radius 1 is 1.45 bits per heavy atom. The van der Waals surface area contributed by atoms with E-state index in [2.05, 4.69) is 5.32 Å². The van der Waals surface area contributed by atoms with E-state index in [1.54, 1.807) is 36.3 Å². The van der Waals surface area contributed by atoms with E-state index in [9.17, 15) is 4.79 Å². The van der Waals surface area contributed by atoms with Crippen molar-refractivity contribution < 1.29 is 9.53 Å². The lowest BCUT2D eigenvalue weighted by molar-refractivity contribution is 0.156. The normalized spacial score (nSPS) is 10.1. The summed E-state index contributed by atoms with van der Waals surface area (Å²) in [4.78, 5) is 14.2. The molecule has 0 heterocycles. The van der Waals surface area contributed by atoms with Gasteiger partial charge >= 0.3 is 6.03 Å². The maximum absolute atomic E-state index is 12.2. The minimum Gasteiger partial charge on any atom is -0.393 e. The number of benzene rings is 1. The molecular weight excluding hydrogens is 298 g/mol. The number of ether oxygens (including phenoxy) is 1. The zero-order valence-corrected chi connectivity index (χ0v) is 12.8. The van der Waals surface area contributed by atoms with Crippen LogP contribution in [0.3, 0.4) is 0 Å². The van der Waals surface area contributed by atoms with E-state index in [0.717, 1.165) is 0 Å². The van der Waals surface area contributed by atoms with Crippen LogP contribution in [-0.2, 0) is 4.74 Å². The molecule has 0 bridgehead atoms. The molecule has 0 spiro atoms. The summed E-state index contributed by atoms with van der Waals surface area (Å²) in [6.07, 6.45) is 0.467. The molecule has 0 aliphatic carbocycles. The molecule has 0 aliphatic rings. The molecule has 0 saturated carbocycles. The minimum absolute atomic E-state index is 0.258. The number of nitrogens with two attached hydrogens (primary N) is 1. The van der Waals surface area contributed by atoms with Gasteiger partial charge in [0.15, 0.2) is 0 Å². The number of rotatable bonds is 7. The number of nitrogens with one attached hydrogen (secondary N) is 1. The van der Waals surface area contributed by atoms with E-state index >= 15 is 0 Å². The van der Waals surface area contributed by atoms with Crippen molar-refractivity contribution in [3.8, 4) is 0 Å². The number of thiocarbonyl (C=S) groups is 1. The van der Waals surface area contributed by atoms with Crippen LogP contribution in [0, 0.1) is 0 Å². The van der Waals surface area contributed by atoms with E-state index in [0.29, 0.717) is 41.8 Å². The van der Waals surface area contributed by atoms with Crippen molar-refractivity contribution in [1.82, 2.24) is 4.90 Å². The lowest BCUT2D eigenvalue weighted by Crippen LogP contribution is -2.39. The summed E-state index contributed by atoms with van der Waals surface area (Å²) in [7, 11) is 1.58. The zero-order valence-electron chi connectivity index (χ0n) is 11.3. The number of hydrogen-bond donors (Lipinski definition) is 2. The average molecular weight is 316 g/mol. The van der Waals surface area contributed by atoms with Crippen molar-refractivity contribution in [2.24, 2.45) is 5.73 Å². The molecule has 110 valence electrons. The number of methoxy groups -OCH3 is 1. The summed E-state index contributed by atoms with van der Waals surface area (Å²) in [5.41, 5.74) is 6.03. The second-order valence-corrected chi connectivity index (χ2v) is 5.04. The van der Waals surface area contributed by atoms with Gasteiger partial charge in [0.2, 0.25) is 0 Å². The highest BCUT2D eigenvalue weighted by molar-refractivity contribution is 7.80. The van der Waals surface area contributed by atoms with Gasteiger partial charge in [-0.05, 0) is 12.1 Å². The summed E-state index contributed by atoms with van der Waals surface area (Å²) in [6.45, 7) is 1.33. The molecule has 1 aromatic carbocycles. The number of carbonyl (C=O) groups excluding carboxylic acids is 1. The number of carbonyl (C=O) groups is 1. The number of halogens is 1. The number of urea groups is 1. The molecule has 5 nitrogen and oxygen atoms in total. The van der Waals surface area contributed by atoms with Gasteiger partial charge in [-0.1, -0.05) is 36.0 Å². The van der Waals surface area contributed by atoms with Gasteiger partial charge in [-0.3, -0.25) is 0 Å². The quantitative estimate of drug-likeness (QED) is 0.759. The van der Waals surface area contributed by atoms with Gasteiger partial charge in [-0.25, -0.2) is 4.79 Å². The van der Waals surface area contributed by atoms with Crippen LogP contribution < -0.4 is 11.1 Å². The molecular formula is C13H18ClN3O2S.